The number of carbonyl (C=O) groups is 2. The molecule has 1 saturated carbocycles. The number of carboxylic acid groups (broad SMARTS) is 1. The Morgan fingerprint density at radius 2 is 2.00 bits per heavy atom. The number of nitrogens with zero attached hydrogens (tertiary/aromatic N) is 1. The third-order valence-electron chi connectivity index (χ3n) is 4.59. The van der Waals surface area contributed by atoms with Gasteiger partial charge in [0.1, 0.15) is 6.61 Å². The van der Waals surface area contributed by atoms with Gasteiger partial charge in [0, 0.05) is 0 Å². The van der Waals surface area contributed by atoms with Gasteiger partial charge >= 0.3 is 5.97 Å². The van der Waals surface area contributed by atoms with E-state index < -0.39 is 11.4 Å². The Kier molecular flexibility index (Phi) is 5.55. The second-order valence-electron chi connectivity index (χ2n) is 6.14. The molecule has 1 unspecified atom stereocenters. The lowest BCUT2D eigenvalue weighted by molar-refractivity contribution is -0.194. The van der Waals surface area contributed by atoms with Crippen molar-refractivity contribution in [3.63, 3.8) is 0 Å². The van der Waals surface area contributed by atoms with Crippen LogP contribution in [0.15, 0.2) is 30.3 Å². The molecule has 1 fully saturated rings. The lowest BCUT2D eigenvalue weighted by Crippen LogP contribution is -2.45. The Balaban J connectivity index is 2.00. The Morgan fingerprint density at radius 3 is 2.55 bits per heavy atom. The van der Waals surface area contributed by atoms with Crippen LogP contribution in [0.25, 0.3) is 0 Å². The van der Waals surface area contributed by atoms with Crippen molar-refractivity contribution in [2.24, 2.45) is 11.3 Å². The number of carboxylic acids is 1. The summed E-state index contributed by atoms with van der Waals surface area (Å²) in [5.74, 6) is -0.776. The topological polar surface area (TPSA) is 66.8 Å². The molecule has 1 aliphatic carbocycles. The highest BCUT2D eigenvalue weighted by Crippen LogP contribution is 2.40. The first-order valence-electron chi connectivity index (χ1n) is 7.68. The van der Waals surface area contributed by atoms with Crippen molar-refractivity contribution in [2.45, 2.75) is 39.2 Å². The second-order valence-corrected chi connectivity index (χ2v) is 6.14. The van der Waals surface area contributed by atoms with E-state index in [4.69, 9.17) is 4.84 Å². The van der Waals surface area contributed by atoms with E-state index in [1.165, 1.54) is 0 Å². The van der Waals surface area contributed by atoms with E-state index in [0.717, 1.165) is 36.3 Å². The van der Waals surface area contributed by atoms with Crippen LogP contribution in [-0.2, 0) is 21.0 Å². The number of aliphatic carboxylic acids is 1. The predicted octanol–water partition coefficient (Wildman–Crippen LogP) is 2.86. The quantitative estimate of drug-likeness (QED) is 0.592. The fraction of sp³-hybridized carbons (Fsp3) is 0.529. The minimum Gasteiger partial charge on any atom is -0.481 e. The zero-order valence-electron chi connectivity index (χ0n) is 12.9. The van der Waals surface area contributed by atoms with Crippen molar-refractivity contribution in [3.8, 4) is 0 Å². The van der Waals surface area contributed by atoms with Gasteiger partial charge in [0.25, 0.3) is 0 Å². The van der Waals surface area contributed by atoms with E-state index in [0.29, 0.717) is 6.41 Å². The highest BCUT2D eigenvalue weighted by atomic mass is 16.7. The van der Waals surface area contributed by atoms with E-state index >= 15 is 0 Å². The van der Waals surface area contributed by atoms with E-state index in [1.807, 2.05) is 30.3 Å². The summed E-state index contributed by atoms with van der Waals surface area (Å²) in [5, 5.41) is 10.7. The number of carbonyl (C=O) groups excluding carboxylic acids is 1. The molecular formula is C17H23NO4. The molecule has 1 amide bonds. The molecule has 0 radical (unpaired) electrons. The average molecular weight is 305 g/mol. The minimum atomic E-state index is -0.964. The zero-order chi connectivity index (χ0) is 16.0. The van der Waals surface area contributed by atoms with Crippen molar-refractivity contribution in [1.29, 1.82) is 0 Å². The zero-order valence-corrected chi connectivity index (χ0v) is 12.9. The van der Waals surface area contributed by atoms with Crippen LogP contribution in [0.1, 0.15) is 38.2 Å². The first-order valence-corrected chi connectivity index (χ1v) is 7.68. The minimum absolute atomic E-state index is 0.0728. The monoisotopic (exact) mass is 305 g/mol. The van der Waals surface area contributed by atoms with Crippen molar-refractivity contribution in [3.05, 3.63) is 35.9 Å². The van der Waals surface area contributed by atoms with Crippen LogP contribution in [0.4, 0.5) is 0 Å². The normalized spacial score (nSPS) is 17.9. The summed E-state index contributed by atoms with van der Waals surface area (Å²) in [6, 6.07) is 9.49. The molecule has 0 bridgehead atoms. The number of hydrogen-bond donors (Lipinski definition) is 1. The third-order valence-corrected chi connectivity index (χ3v) is 4.59. The molecule has 0 spiro atoms. The molecule has 22 heavy (non-hydrogen) atoms. The molecule has 2 rings (SSSR count). The lowest BCUT2D eigenvalue weighted by Gasteiger charge is -2.34. The van der Waals surface area contributed by atoms with Crippen molar-refractivity contribution in [1.82, 2.24) is 5.06 Å². The number of amides is 1. The number of benzene rings is 1. The number of hydroxylamine groups is 2. The largest absolute Gasteiger partial charge is 0.481 e. The van der Waals surface area contributed by atoms with E-state index in [2.05, 4.69) is 0 Å². The Bertz CT molecular complexity index is 499. The number of rotatable bonds is 8. The first kappa shape index (κ1) is 16.5. The van der Waals surface area contributed by atoms with Gasteiger partial charge in [-0.25, -0.2) is 5.06 Å². The maximum atomic E-state index is 11.7. The molecular weight excluding hydrogens is 282 g/mol. The third kappa shape index (κ3) is 3.85. The highest BCUT2D eigenvalue weighted by molar-refractivity contribution is 5.75. The molecule has 120 valence electrons. The summed E-state index contributed by atoms with van der Waals surface area (Å²) in [6.07, 6.45) is 4.47. The molecule has 1 aliphatic rings. The van der Waals surface area contributed by atoms with Gasteiger partial charge in [0.2, 0.25) is 6.41 Å². The predicted molar refractivity (Wildman–Crippen MR) is 81.7 cm³/mol. The van der Waals surface area contributed by atoms with Crippen molar-refractivity contribution in [2.75, 3.05) is 6.54 Å². The van der Waals surface area contributed by atoms with Gasteiger partial charge in [-0.15, -0.1) is 0 Å². The average Bonchev–Trinajstić information content (AvgIpc) is 3.07. The molecule has 0 aliphatic heterocycles. The summed E-state index contributed by atoms with van der Waals surface area (Å²) in [6.45, 7) is 2.04. The SMILES string of the molecule is CC(CN(C=O)OCc1ccccc1)(C(=O)O)C1CCCC1. The molecule has 1 aromatic carbocycles. The second kappa shape index (κ2) is 7.40. The molecule has 5 heteroatoms. The molecule has 1 N–H and O–H groups in total. The summed E-state index contributed by atoms with van der Waals surface area (Å²) < 4.78 is 0. The van der Waals surface area contributed by atoms with Gasteiger partial charge < -0.3 is 5.11 Å². The summed E-state index contributed by atoms with van der Waals surface area (Å²) in [7, 11) is 0. The van der Waals surface area contributed by atoms with Crippen LogP contribution in [-0.4, -0.2) is 29.1 Å². The van der Waals surface area contributed by atoms with Crippen molar-refractivity contribution >= 4 is 12.4 Å². The Morgan fingerprint density at radius 1 is 1.36 bits per heavy atom. The van der Waals surface area contributed by atoms with Gasteiger partial charge in [0.05, 0.1) is 12.0 Å². The fourth-order valence-corrected chi connectivity index (χ4v) is 3.10. The van der Waals surface area contributed by atoms with Gasteiger partial charge in [-0.3, -0.25) is 14.4 Å². The first-order chi connectivity index (χ1) is 10.6. The van der Waals surface area contributed by atoms with E-state index in [-0.39, 0.29) is 19.1 Å². The number of hydrogen-bond acceptors (Lipinski definition) is 3. The van der Waals surface area contributed by atoms with E-state index in [9.17, 15) is 14.7 Å². The van der Waals surface area contributed by atoms with Crippen LogP contribution in [0.5, 0.6) is 0 Å². The van der Waals surface area contributed by atoms with Gasteiger partial charge in [0.15, 0.2) is 0 Å². The lowest BCUT2D eigenvalue weighted by atomic mass is 9.76. The molecule has 5 nitrogen and oxygen atoms in total. The maximum Gasteiger partial charge on any atom is 0.311 e. The Hall–Kier alpha value is -1.88. The van der Waals surface area contributed by atoms with Gasteiger partial charge in [-0.05, 0) is 31.2 Å². The van der Waals surface area contributed by atoms with Crippen molar-refractivity contribution < 1.29 is 19.5 Å². The smallest absolute Gasteiger partial charge is 0.311 e. The molecule has 0 saturated heterocycles. The highest BCUT2D eigenvalue weighted by Gasteiger charge is 2.44. The van der Waals surface area contributed by atoms with Crippen LogP contribution in [0.3, 0.4) is 0 Å². The van der Waals surface area contributed by atoms with Crippen LogP contribution < -0.4 is 0 Å². The Labute approximate surface area is 130 Å². The summed E-state index contributed by atoms with van der Waals surface area (Å²) in [4.78, 5) is 28.5. The molecule has 1 aromatic rings. The summed E-state index contributed by atoms with van der Waals surface area (Å²) >= 11 is 0. The van der Waals surface area contributed by atoms with Crippen LogP contribution in [0, 0.1) is 11.3 Å². The van der Waals surface area contributed by atoms with E-state index in [1.54, 1.807) is 6.92 Å². The summed E-state index contributed by atoms with van der Waals surface area (Å²) in [5.41, 5.74) is -0.0269. The van der Waals surface area contributed by atoms with Crippen LogP contribution >= 0.6 is 0 Å². The van der Waals surface area contributed by atoms with Crippen LogP contribution in [0.2, 0.25) is 0 Å². The fourth-order valence-electron chi connectivity index (χ4n) is 3.10. The van der Waals surface area contributed by atoms with Gasteiger partial charge in [-0.1, -0.05) is 43.2 Å². The van der Waals surface area contributed by atoms with Gasteiger partial charge in [-0.2, -0.15) is 0 Å². The molecule has 1 atom stereocenters. The molecule has 0 heterocycles. The standard InChI is InChI=1S/C17H23NO4/c1-17(16(20)21,15-9-5-6-10-15)12-18(13-19)22-11-14-7-3-2-4-8-14/h2-4,7-8,13,15H,5-6,9-12H2,1H3,(H,20,21). The maximum absolute atomic E-state index is 11.7. The molecule has 0 aromatic heterocycles.